The van der Waals surface area contributed by atoms with Gasteiger partial charge in [0, 0.05) is 18.3 Å². The third-order valence-electron chi connectivity index (χ3n) is 7.35. The molecule has 188 valence electrons. The molecule has 9 nitrogen and oxygen atoms in total. The van der Waals surface area contributed by atoms with Gasteiger partial charge in [0.2, 0.25) is 11.8 Å². The number of carboxylic acids is 1. The van der Waals surface area contributed by atoms with Crippen LogP contribution in [0.5, 0.6) is 0 Å². The minimum atomic E-state index is -1.66. The number of aromatic nitrogens is 2. The number of carbonyl (C=O) groups excluding carboxylic acids is 2. The van der Waals surface area contributed by atoms with Crippen LogP contribution in [-0.4, -0.2) is 48.2 Å². The van der Waals surface area contributed by atoms with Gasteiger partial charge < -0.3 is 5.11 Å². The fourth-order valence-electron chi connectivity index (χ4n) is 5.97. The second-order valence-electron chi connectivity index (χ2n) is 11.2. The van der Waals surface area contributed by atoms with Crippen LogP contribution in [-0.2, 0) is 21.4 Å². The minimum absolute atomic E-state index is 0.0672. The van der Waals surface area contributed by atoms with Crippen LogP contribution in [0.25, 0.3) is 5.69 Å². The summed E-state index contributed by atoms with van der Waals surface area (Å²) in [6.45, 7) is 10.8. The van der Waals surface area contributed by atoms with E-state index in [9.17, 15) is 24.3 Å². The van der Waals surface area contributed by atoms with E-state index in [-0.39, 0.29) is 17.9 Å². The lowest BCUT2D eigenvalue weighted by Crippen LogP contribution is -2.58. The molecule has 0 spiro atoms. The molecule has 9 heteroatoms. The van der Waals surface area contributed by atoms with Crippen molar-refractivity contribution in [1.82, 2.24) is 19.6 Å². The summed E-state index contributed by atoms with van der Waals surface area (Å²) >= 11 is 0. The van der Waals surface area contributed by atoms with Gasteiger partial charge in [-0.2, -0.15) is 0 Å². The molecule has 4 rings (SSSR count). The summed E-state index contributed by atoms with van der Waals surface area (Å²) < 4.78 is 3.21. The molecule has 3 heterocycles. The summed E-state index contributed by atoms with van der Waals surface area (Å²) in [6, 6.07) is 8.20. The average molecular weight is 483 g/mol. The van der Waals surface area contributed by atoms with E-state index >= 15 is 0 Å². The summed E-state index contributed by atoms with van der Waals surface area (Å²) in [6.07, 6.45) is 0.149. The second-order valence-corrected chi connectivity index (χ2v) is 11.2. The fraction of sp³-hybridized carbons (Fsp3) is 0.538. The number of rotatable bonds is 5. The first-order valence-electron chi connectivity index (χ1n) is 12.0. The van der Waals surface area contributed by atoms with Crippen LogP contribution in [0, 0.1) is 24.7 Å². The van der Waals surface area contributed by atoms with Gasteiger partial charge in [0.05, 0.1) is 29.1 Å². The highest BCUT2D eigenvalue weighted by atomic mass is 16.4. The lowest BCUT2D eigenvalue weighted by Gasteiger charge is -2.36. The third-order valence-corrected chi connectivity index (χ3v) is 7.35. The Morgan fingerprint density at radius 3 is 2.23 bits per heavy atom. The molecular weight excluding hydrogens is 448 g/mol. The van der Waals surface area contributed by atoms with E-state index in [1.165, 1.54) is 9.58 Å². The highest BCUT2D eigenvalue weighted by Gasteiger charge is 2.70. The molecule has 4 unspecified atom stereocenters. The molecule has 2 fully saturated rings. The van der Waals surface area contributed by atoms with Crippen molar-refractivity contribution < 1.29 is 19.5 Å². The Morgan fingerprint density at radius 1 is 1.11 bits per heavy atom. The van der Waals surface area contributed by atoms with E-state index in [1.807, 2.05) is 32.0 Å². The number of hydrogen-bond donors (Lipinski definition) is 2. The van der Waals surface area contributed by atoms with Crippen molar-refractivity contribution in [2.75, 3.05) is 0 Å². The first-order chi connectivity index (χ1) is 16.2. The van der Waals surface area contributed by atoms with Gasteiger partial charge in [-0.25, -0.2) is 4.68 Å². The molecule has 1 aromatic carbocycles. The standard InChI is InChI=1S/C26H34N4O5/c1-14(2)13-26(24(34)35)19-18(21(31)29(23(19)33)25(4,5)6)20(27-26)17-15(3)28(7)30(22(17)32)16-11-9-8-10-12-16/h8-12,14,18-20,27H,13H2,1-7H3,(H,34,35). The van der Waals surface area contributed by atoms with Gasteiger partial charge in [-0.15, -0.1) is 0 Å². The number of fused-ring (bicyclic) bond motifs is 1. The van der Waals surface area contributed by atoms with E-state index in [0.29, 0.717) is 16.9 Å². The molecule has 2 N–H and O–H groups in total. The number of nitrogens with one attached hydrogen (secondary N) is 1. The Bertz CT molecular complexity index is 1250. The molecule has 2 amide bonds. The molecule has 4 atom stereocenters. The zero-order valence-electron chi connectivity index (χ0n) is 21.3. The van der Waals surface area contributed by atoms with Gasteiger partial charge in [0.15, 0.2) is 0 Å². The molecule has 2 aromatic rings. The van der Waals surface area contributed by atoms with Crippen molar-refractivity contribution in [2.24, 2.45) is 24.8 Å². The zero-order valence-corrected chi connectivity index (χ0v) is 21.3. The van der Waals surface area contributed by atoms with Crippen LogP contribution in [0.2, 0.25) is 0 Å². The number of benzene rings is 1. The third kappa shape index (κ3) is 3.55. The number of nitrogens with zero attached hydrogens (tertiary/aromatic N) is 3. The van der Waals surface area contributed by atoms with Crippen LogP contribution in [0.3, 0.4) is 0 Å². The van der Waals surface area contributed by atoms with Gasteiger partial charge in [-0.05, 0) is 52.2 Å². The summed E-state index contributed by atoms with van der Waals surface area (Å²) in [5, 5.41) is 13.6. The van der Waals surface area contributed by atoms with Crippen molar-refractivity contribution in [3.05, 3.63) is 51.9 Å². The minimum Gasteiger partial charge on any atom is -0.480 e. The summed E-state index contributed by atoms with van der Waals surface area (Å²) in [7, 11) is 1.75. The smallest absolute Gasteiger partial charge is 0.324 e. The SMILES string of the molecule is Cc1c(C2NC(CC(C)C)(C(=O)O)C3C(=O)N(C(C)(C)C)C(=O)C23)c(=O)n(-c2ccccc2)n1C. The molecule has 0 saturated carbocycles. The lowest BCUT2D eigenvalue weighted by molar-refractivity contribution is -0.154. The van der Waals surface area contributed by atoms with Crippen LogP contribution in [0.1, 0.15) is 58.3 Å². The molecule has 0 radical (unpaired) electrons. The Labute approximate surface area is 204 Å². The number of amides is 2. The second kappa shape index (κ2) is 8.19. The van der Waals surface area contributed by atoms with E-state index in [4.69, 9.17) is 0 Å². The molecule has 2 aliphatic heterocycles. The molecule has 0 aliphatic carbocycles. The maximum absolute atomic E-state index is 13.8. The summed E-state index contributed by atoms with van der Waals surface area (Å²) in [4.78, 5) is 55.3. The van der Waals surface area contributed by atoms with Crippen LogP contribution >= 0.6 is 0 Å². The summed E-state index contributed by atoms with van der Waals surface area (Å²) in [5.41, 5.74) is -1.25. The lowest BCUT2D eigenvalue weighted by atomic mass is 9.75. The monoisotopic (exact) mass is 482 g/mol. The number of imide groups is 1. The Kier molecular flexibility index (Phi) is 5.83. The zero-order chi connectivity index (χ0) is 26.0. The van der Waals surface area contributed by atoms with Gasteiger partial charge in [0.25, 0.3) is 5.56 Å². The predicted molar refractivity (Wildman–Crippen MR) is 130 cm³/mol. The molecule has 2 aliphatic rings. The number of hydrogen-bond acceptors (Lipinski definition) is 5. The Hall–Kier alpha value is -3.20. The molecular formula is C26H34N4O5. The first kappa shape index (κ1) is 24.9. The number of carboxylic acid groups (broad SMARTS) is 1. The normalized spacial score (nSPS) is 26.6. The molecule has 1 aromatic heterocycles. The molecule has 0 bridgehead atoms. The highest BCUT2D eigenvalue weighted by molar-refractivity contribution is 6.10. The Morgan fingerprint density at radius 2 is 1.71 bits per heavy atom. The van der Waals surface area contributed by atoms with E-state index in [2.05, 4.69) is 5.32 Å². The van der Waals surface area contributed by atoms with Crippen molar-refractivity contribution in [3.63, 3.8) is 0 Å². The van der Waals surface area contributed by atoms with E-state index < -0.39 is 46.7 Å². The molecule has 2 saturated heterocycles. The van der Waals surface area contributed by atoms with Crippen molar-refractivity contribution in [2.45, 2.75) is 65.1 Å². The fourth-order valence-corrected chi connectivity index (χ4v) is 5.97. The van der Waals surface area contributed by atoms with Gasteiger partial charge in [-0.1, -0.05) is 32.0 Å². The van der Waals surface area contributed by atoms with Crippen molar-refractivity contribution in [3.8, 4) is 5.69 Å². The number of likely N-dealkylation sites (tertiary alicyclic amines) is 1. The topological polar surface area (TPSA) is 114 Å². The quantitative estimate of drug-likeness (QED) is 0.633. The molecule has 35 heavy (non-hydrogen) atoms. The Balaban J connectivity index is 1.96. The van der Waals surface area contributed by atoms with Gasteiger partial charge in [0.1, 0.15) is 5.54 Å². The largest absolute Gasteiger partial charge is 0.480 e. The van der Waals surface area contributed by atoms with E-state index in [0.717, 1.165) is 0 Å². The van der Waals surface area contributed by atoms with Crippen LogP contribution in [0.15, 0.2) is 35.1 Å². The maximum atomic E-state index is 13.8. The van der Waals surface area contributed by atoms with E-state index in [1.54, 1.807) is 51.6 Å². The average Bonchev–Trinajstić information content (AvgIpc) is 3.30. The number of para-hydroxylation sites is 1. The first-order valence-corrected chi connectivity index (χ1v) is 12.0. The van der Waals surface area contributed by atoms with Crippen LogP contribution < -0.4 is 10.9 Å². The van der Waals surface area contributed by atoms with Crippen LogP contribution in [0.4, 0.5) is 0 Å². The van der Waals surface area contributed by atoms with Gasteiger partial charge >= 0.3 is 5.97 Å². The maximum Gasteiger partial charge on any atom is 0.324 e. The summed E-state index contributed by atoms with van der Waals surface area (Å²) in [5.74, 6) is -4.29. The highest BCUT2D eigenvalue weighted by Crippen LogP contribution is 2.52. The number of aliphatic carboxylic acids is 1. The number of carbonyl (C=O) groups is 3. The predicted octanol–water partition coefficient (Wildman–Crippen LogP) is 2.40. The van der Waals surface area contributed by atoms with Gasteiger partial charge in [-0.3, -0.25) is 34.1 Å². The van der Waals surface area contributed by atoms with Crippen molar-refractivity contribution >= 4 is 17.8 Å². The van der Waals surface area contributed by atoms with Crippen molar-refractivity contribution in [1.29, 1.82) is 0 Å².